The van der Waals surface area contributed by atoms with Gasteiger partial charge in [0, 0.05) is 12.5 Å². The lowest BCUT2D eigenvalue weighted by Crippen LogP contribution is -2.35. The standard InChI is InChI=1S/C19H22N2O3S/c20-25(23,24)18-9-5-14(6-10-18)11-12-21-19(22)17-8-7-15-3-1-2-4-16(15)13-17/h1-6,9-10,17H,7-8,11-13H2,(H,21,22)(H2,20,23,24). The lowest BCUT2D eigenvalue weighted by Gasteiger charge is -2.23. The third-order valence-electron chi connectivity index (χ3n) is 4.68. The second-order valence-electron chi connectivity index (χ2n) is 6.44. The summed E-state index contributed by atoms with van der Waals surface area (Å²) in [5.74, 6) is 0.121. The molecule has 1 unspecified atom stereocenters. The Labute approximate surface area is 148 Å². The van der Waals surface area contributed by atoms with Crippen LogP contribution in [0.2, 0.25) is 0 Å². The van der Waals surface area contributed by atoms with Gasteiger partial charge in [0.2, 0.25) is 15.9 Å². The smallest absolute Gasteiger partial charge is 0.238 e. The summed E-state index contributed by atoms with van der Waals surface area (Å²) in [6, 6.07) is 14.7. The number of carbonyl (C=O) groups is 1. The second-order valence-corrected chi connectivity index (χ2v) is 8.00. The van der Waals surface area contributed by atoms with Crippen LogP contribution in [0.5, 0.6) is 0 Å². The third-order valence-corrected chi connectivity index (χ3v) is 5.61. The predicted molar refractivity (Wildman–Crippen MR) is 96.5 cm³/mol. The van der Waals surface area contributed by atoms with Gasteiger partial charge in [0.25, 0.3) is 0 Å². The van der Waals surface area contributed by atoms with E-state index in [1.165, 1.54) is 23.3 Å². The van der Waals surface area contributed by atoms with Crippen molar-refractivity contribution in [1.82, 2.24) is 5.32 Å². The molecule has 0 saturated carbocycles. The average Bonchev–Trinajstić information content (AvgIpc) is 2.61. The van der Waals surface area contributed by atoms with Gasteiger partial charge in [-0.3, -0.25) is 4.79 Å². The summed E-state index contributed by atoms with van der Waals surface area (Å²) in [5, 5.41) is 8.07. The molecular weight excluding hydrogens is 336 g/mol. The summed E-state index contributed by atoms with van der Waals surface area (Å²) in [5.41, 5.74) is 3.58. The minimum atomic E-state index is -3.66. The summed E-state index contributed by atoms with van der Waals surface area (Å²) < 4.78 is 22.5. The van der Waals surface area contributed by atoms with Crippen LogP contribution < -0.4 is 10.5 Å². The molecule has 3 N–H and O–H groups in total. The number of amides is 1. The van der Waals surface area contributed by atoms with Gasteiger partial charge in [0.05, 0.1) is 4.90 Å². The number of rotatable bonds is 5. The summed E-state index contributed by atoms with van der Waals surface area (Å²) in [6.07, 6.45) is 3.28. The number of benzene rings is 2. The van der Waals surface area contributed by atoms with Gasteiger partial charge in [-0.25, -0.2) is 13.6 Å². The minimum absolute atomic E-state index is 0.0275. The van der Waals surface area contributed by atoms with Crippen LogP contribution in [0.1, 0.15) is 23.1 Å². The number of fused-ring (bicyclic) bond motifs is 1. The quantitative estimate of drug-likeness (QED) is 0.854. The molecule has 1 aliphatic rings. The fourth-order valence-corrected chi connectivity index (χ4v) is 3.76. The number of aryl methyl sites for hydroxylation is 1. The van der Waals surface area contributed by atoms with E-state index in [1.807, 2.05) is 12.1 Å². The van der Waals surface area contributed by atoms with Crippen LogP contribution in [0.3, 0.4) is 0 Å². The number of nitrogens with one attached hydrogen (secondary N) is 1. The number of primary sulfonamides is 1. The van der Waals surface area contributed by atoms with Crippen molar-refractivity contribution in [3.05, 3.63) is 65.2 Å². The van der Waals surface area contributed by atoms with Crippen molar-refractivity contribution in [2.45, 2.75) is 30.6 Å². The molecule has 25 heavy (non-hydrogen) atoms. The molecule has 1 amide bonds. The van der Waals surface area contributed by atoms with Gasteiger partial charge in [0.15, 0.2) is 0 Å². The third kappa shape index (κ3) is 4.46. The minimum Gasteiger partial charge on any atom is -0.356 e. The fourth-order valence-electron chi connectivity index (χ4n) is 3.24. The average molecular weight is 358 g/mol. The maximum atomic E-state index is 12.4. The highest BCUT2D eigenvalue weighted by molar-refractivity contribution is 7.89. The summed E-state index contributed by atoms with van der Waals surface area (Å²) in [4.78, 5) is 12.5. The molecule has 0 spiro atoms. The molecule has 0 saturated heterocycles. The first-order chi connectivity index (χ1) is 11.9. The Morgan fingerprint density at radius 1 is 1.08 bits per heavy atom. The highest BCUT2D eigenvalue weighted by Crippen LogP contribution is 2.25. The molecule has 6 heteroatoms. The maximum absolute atomic E-state index is 12.4. The largest absolute Gasteiger partial charge is 0.356 e. The van der Waals surface area contributed by atoms with Gasteiger partial charge < -0.3 is 5.32 Å². The summed E-state index contributed by atoms with van der Waals surface area (Å²) in [7, 11) is -3.66. The Balaban J connectivity index is 1.50. The Morgan fingerprint density at radius 2 is 1.76 bits per heavy atom. The van der Waals surface area contributed by atoms with Crippen molar-refractivity contribution in [2.75, 3.05) is 6.54 Å². The molecule has 5 nitrogen and oxygen atoms in total. The molecule has 132 valence electrons. The molecule has 0 aliphatic heterocycles. The van der Waals surface area contributed by atoms with Gasteiger partial charge in [0.1, 0.15) is 0 Å². The normalized spacial score (nSPS) is 16.9. The zero-order valence-electron chi connectivity index (χ0n) is 13.9. The Morgan fingerprint density at radius 3 is 2.44 bits per heavy atom. The monoisotopic (exact) mass is 358 g/mol. The number of nitrogens with two attached hydrogens (primary N) is 1. The van der Waals surface area contributed by atoms with Crippen molar-refractivity contribution < 1.29 is 13.2 Å². The van der Waals surface area contributed by atoms with E-state index >= 15 is 0 Å². The van der Waals surface area contributed by atoms with Crippen molar-refractivity contribution >= 4 is 15.9 Å². The zero-order chi connectivity index (χ0) is 17.9. The highest BCUT2D eigenvalue weighted by atomic mass is 32.2. The molecule has 0 fully saturated rings. The van der Waals surface area contributed by atoms with Gasteiger partial charge in [-0.2, -0.15) is 0 Å². The molecule has 1 aliphatic carbocycles. The Hall–Kier alpha value is -2.18. The van der Waals surface area contributed by atoms with Crippen molar-refractivity contribution in [3.8, 4) is 0 Å². The van der Waals surface area contributed by atoms with Crippen molar-refractivity contribution in [1.29, 1.82) is 0 Å². The van der Waals surface area contributed by atoms with Crippen LogP contribution in [-0.4, -0.2) is 20.9 Å². The van der Waals surface area contributed by atoms with E-state index < -0.39 is 10.0 Å². The maximum Gasteiger partial charge on any atom is 0.238 e. The van der Waals surface area contributed by atoms with E-state index in [-0.39, 0.29) is 16.7 Å². The number of hydrogen-bond acceptors (Lipinski definition) is 3. The summed E-state index contributed by atoms with van der Waals surface area (Å²) in [6.45, 7) is 0.533. The van der Waals surface area contributed by atoms with Gasteiger partial charge in [-0.05, 0) is 54.5 Å². The molecular formula is C19H22N2O3S. The Bertz CT molecular complexity index is 860. The zero-order valence-corrected chi connectivity index (χ0v) is 14.8. The molecule has 1 atom stereocenters. The van der Waals surface area contributed by atoms with Crippen LogP contribution in [0.15, 0.2) is 53.4 Å². The van der Waals surface area contributed by atoms with E-state index in [1.54, 1.807) is 12.1 Å². The SMILES string of the molecule is NS(=O)(=O)c1ccc(CCNC(=O)C2CCc3ccccc3C2)cc1. The van der Waals surface area contributed by atoms with Gasteiger partial charge in [-0.1, -0.05) is 36.4 Å². The van der Waals surface area contributed by atoms with E-state index in [0.717, 1.165) is 24.8 Å². The molecule has 2 aromatic carbocycles. The molecule has 0 bridgehead atoms. The van der Waals surface area contributed by atoms with Crippen molar-refractivity contribution in [2.24, 2.45) is 11.1 Å². The Kier molecular flexibility index (Phi) is 5.20. The van der Waals surface area contributed by atoms with Crippen LogP contribution in [0, 0.1) is 5.92 Å². The van der Waals surface area contributed by atoms with Crippen LogP contribution in [0.25, 0.3) is 0 Å². The van der Waals surface area contributed by atoms with Crippen LogP contribution in [0.4, 0.5) is 0 Å². The van der Waals surface area contributed by atoms with E-state index in [4.69, 9.17) is 5.14 Å². The van der Waals surface area contributed by atoms with Crippen LogP contribution in [-0.2, 0) is 34.1 Å². The van der Waals surface area contributed by atoms with Crippen LogP contribution >= 0.6 is 0 Å². The number of hydrogen-bond donors (Lipinski definition) is 2. The highest BCUT2D eigenvalue weighted by Gasteiger charge is 2.23. The first-order valence-corrected chi connectivity index (χ1v) is 9.94. The molecule has 3 rings (SSSR count). The first-order valence-electron chi connectivity index (χ1n) is 8.40. The molecule has 2 aromatic rings. The van der Waals surface area contributed by atoms with Crippen molar-refractivity contribution in [3.63, 3.8) is 0 Å². The molecule has 0 heterocycles. The number of sulfonamides is 1. The lowest BCUT2D eigenvalue weighted by atomic mass is 9.83. The van der Waals surface area contributed by atoms with E-state index in [0.29, 0.717) is 13.0 Å². The van der Waals surface area contributed by atoms with Gasteiger partial charge in [-0.15, -0.1) is 0 Å². The molecule has 0 aromatic heterocycles. The first kappa shape index (κ1) is 17.6. The second kappa shape index (κ2) is 7.37. The topological polar surface area (TPSA) is 89.3 Å². The van der Waals surface area contributed by atoms with Gasteiger partial charge >= 0.3 is 0 Å². The summed E-state index contributed by atoms with van der Waals surface area (Å²) >= 11 is 0. The lowest BCUT2D eigenvalue weighted by molar-refractivity contribution is -0.125. The predicted octanol–water partition coefficient (Wildman–Crippen LogP) is 1.80. The fraction of sp³-hybridized carbons (Fsp3) is 0.316. The van der Waals surface area contributed by atoms with E-state index in [9.17, 15) is 13.2 Å². The molecule has 0 radical (unpaired) electrons. The number of carbonyl (C=O) groups excluding carboxylic acids is 1. The van der Waals surface area contributed by atoms with E-state index in [2.05, 4.69) is 17.4 Å².